The second kappa shape index (κ2) is 12.4. The normalized spacial score (nSPS) is 26.8. The zero-order chi connectivity index (χ0) is 19.5. The highest BCUT2D eigenvalue weighted by molar-refractivity contribution is 5.78. The molecule has 1 rings (SSSR count). The number of carbonyl (C=O) groups is 2. The first-order valence-corrected chi connectivity index (χ1v) is 10.1. The molecule has 26 heavy (non-hydrogen) atoms. The minimum atomic E-state index is -0.857. The van der Waals surface area contributed by atoms with Gasteiger partial charge in [0, 0.05) is 19.3 Å². The van der Waals surface area contributed by atoms with E-state index in [2.05, 4.69) is 6.92 Å². The van der Waals surface area contributed by atoms with Crippen LogP contribution >= 0.6 is 0 Å². The standard InChI is InChI=1S/C20H36O6/c1-2-3-4-7-14(21)10-11-16-17(19(24)13-18(16)23)12-15(22)8-5-6-9-20(25)26/h14,16-19,21,23-24H,2-13H2,1H3,(H,25,26)/t14-,16+,17+,18+,19-/m0/s1. The third-order valence-electron chi connectivity index (χ3n) is 5.56. The van der Waals surface area contributed by atoms with E-state index in [1.165, 1.54) is 0 Å². The Balaban J connectivity index is 2.40. The molecule has 0 bridgehead atoms. The zero-order valence-electron chi connectivity index (χ0n) is 16.0. The van der Waals surface area contributed by atoms with Gasteiger partial charge in [-0.3, -0.25) is 9.59 Å². The van der Waals surface area contributed by atoms with Gasteiger partial charge in [-0.15, -0.1) is 0 Å². The molecule has 4 N–H and O–H groups in total. The largest absolute Gasteiger partial charge is 0.481 e. The lowest BCUT2D eigenvalue weighted by molar-refractivity contribution is -0.137. The van der Waals surface area contributed by atoms with E-state index in [-0.39, 0.29) is 43.0 Å². The Morgan fingerprint density at radius 2 is 1.62 bits per heavy atom. The van der Waals surface area contributed by atoms with Crippen molar-refractivity contribution in [3.05, 3.63) is 0 Å². The van der Waals surface area contributed by atoms with E-state index in [9.17, 15) is 24.9 Å². The van der Waals surface area contributed by atoms with E-state index in [1.807, 2.05) is 0 Å². The van der Waals surface area contributed by atoms with Crippen LogP contribution in [0.4, 0.5) is 0 Å². The number of carbonyl (C=O) groups excluding carboxylic acids is 1. The van der Waals surface area contributed by atoms with Gasteiger partial charge in [0.15, 0.2) is 0 Å². The first-order valence-electron chi connectivity index (χ1n) is 10.1. The third kappa shape index (κ3) is 8.60. The molecule has 5 atom stereocenters. The van der Waals surface area contributed by atoms with Gasteiger partial charge in [-0.1, -0.05) is 26.2 Å². The molecule has 0 spiro atoms. The summed E-state index contributed by atoms with van der Waals surface area (Å²) in [6.45, 7) is 2.12. The van der Waals surface area contributed by atoms with Crippen LogP contribution in [0.25, 0.3) is 0 Å². The quantitative estimate of drug-likeness (QED) is 0.349. The Morgan fingerprint density at radius 1 is 0.962 bits per heavy atom. The van der Waals surface area contributed by atoms with E-state index in [4.69, 9.17) is 5.11 Å². The first kappa shape index (κ1) is 23.1. The smallest absolute Gasteiger partial charge is 0.303 e. The second-order valence-corrected chi connectivity index (χ2v) is 7.77. The topological polar surface area (TPSA) is 115 Å². The molecule has 0 unspecified atom stereocenters. The molecule has 1 fully saturated rings. The SMILES string of the molecule is CCCCC[C@H](O)CC[C@@H]1[C@@H](CC(=O)CCCCC(=O)O)[C@@H](O)C[C@H]1O. The highest BCUT2D eigenvalue weighted by Gasteiger charge is 2.42. The molecular weight excluding hydrogens is 336 g/mol. The van der Waals surface area contributed by atoms with Gasteiger partial charge in [-0.05, 0) is 50.4 Å². The summed E-state index contributed by atoms with van der Waals surface area (Å²) in [5, 5.41) is 39.1. The van der Waals surface area contributed by atoms with Crippen molar-refractivity contribution in [3.63, 3.8) is 0 Å². The fraction of sp³-hybridized carbons (Fsp3) is 0.900. The number of hydrogen-bond donors (Lipinski definition) is 4. The predicted molar refractivity (Wildman–Crippen MR) is 98.7 cm³/mol. The lowest BCUT2D eigenvalue weighted by Crippen LogP contribution is -2.26. The summed E-state index contributed by atoms with van der Waals surface area (Å²) in [6, 6.07) is 0. The maximum absolute atomic E-state index is 12.2. The Kier molecular flexibility index (Phi) is 11.0. The summed E-state index contributed by atoms with van der Waals surface area (Å²) >= 11 is 0. The highest BCUT2D eigenvalue weighted by Crippen LogP contribution is 2.38. The van der Waals surface area contributed by atoms with Gasteiger partial charge in [0.2, 0.25) is 0 Å². The molecule has 1 saturated carbocycles. The van der Waals surface area contributed by atoms with Crippen molar-refractivity contribution in [2.45, 2.75) is 102 Å². The average molecular weight is 373 g/mol. The van der Waals surface area contributed by atoms with Crippen LogP contribution in [0.3, 0.4) is 0 Å². The fourth-order valence-electron chi connectivity index (χ4n) is 3.98. The summed E-state index contributed by atoms with van der Waals surface area (Å²) in [4.78, 5) is 22.7. The Labute approximate surface area is 156 Å². The molecule has 0 heterocycles. The minimum Gasteiger partial charge on any atom is -0.481 e. The molecule has 6 nitrogen and oxygen atoms in total. The number of ketones is 1. The monoisotopic (exact) mass is 372 g/mol. The lowest BCUT2D eigenvalue weighted by Gasteiger charge is -2.24. The van der Waals surface area contributed by atoms with Crippen LogP contribution in [0.5, 0.6) is 0 Å². The first-order chi connectivity index (χ1) is 12.3. The minimum absolute atomic E-state index is 0.0158. The van der Waals surface area contributed by atoms with E-state index >= 15 is 0 Å². The number of carboxylic acids is 1. The van der Waals surface area contributed by atoms with Crippen LogP contribution in [0, 0.1) is 11.8 Å². The maximum atomic E-state index is 12.2. The van der Waals surface area contributed by atoms with Crippen molar-refractivity contribution in [3.8, 4) is 0 Å². The van der Waals surface area contributed by atoms with Crippen molar-refractivity contribution in [1.29, 1.82) is 0 Å². The Hall–Kier alpha value is -0.980. The molecule has 0 amide bonds. The molecule has 6 heteroatoms. The van der Waals surface area contributed by atoms with Gasteiger partial charge in [-0.25, -0.2) is 0 Å². The maximum Gasteiger partial charge on any atom is 0.303 e. The van der Waals surface area contributed by atoms with Gasteiger partial charge in [0.05, 0.1) is 18.3 Å². The molecule has 0 saturated heterocycles. The van der Waals surface area contributed by atoms with Crippen molar-refractivity contribution >= 4 is 11.8 Å². The molecule has 1 aliphatic carbocycles. The van der Waals surface area contributed by atoms with Crippen LogP contribution in [0.15, 0.2) is 0 Å². The van der Waals surface area contributed by atoms with E-state index in [1.54, 1.807) is 0 Å². The van der Waals surface area contributed by atoms with Crippen molar-refractivity contribution in [1.82, 2.24) is 0 Å². The van der Waals surface area contributed by atoms with Crippen LogP contribution in [-0.2, 0) is 9.59 Å². The molecule has 1 aliphatic rings. The van der Waals surface area contributed by atoms with Gasteiger partial charge in [-0.2, -0.15) is 0 Å². The number of aliphatic hydroxyl groups excluding tert-OH is 3. The summed E-state index contributed by atoms with van der Waals surface area (Å²) < 4.78 is 0. The molecule has 152 valence electrons. The summed E-state index contributed by atoms with van der Waals surface area (Å²) in [5.74, 6) is -1.26. The number of carboxylic acid groups (broad SMARTS) is 1. The highest BCUT2D eigenvalue weighted by atomic mass is 16.4. The second-order valence-electron chi connectivity index (χ2n) is 7.77. The predicted octanol–water partition coefficient (Wildman–Crippen LogP) is 2.67. The number of rotatable bonds is 14. The Bertz CT molecular complexity index is 425. The van der Waals surface area contributed by atoms with Gasteiger partial charge in [0.1, 0.15) is 5.78 Å². The molecule has 0 aromatic heterocycles. The van der Waals surface area contributed by atoms with Crippen LogP contribution < -0.4 is 0 Å². The van der Waals surface area contributed by atoms with E-state index in [0.717, 1.165) is 25.7 Å². The molecular formula is C20H36O6. The Morgan fingerprint density at radius 3 is 2.27 bits per heavy atom. The molecule has 0 aromatic carbocycles. The molecule has 0 aliphatic heterocycles. The van der Waals surface area contributed by atoms with E-state index in [0.29, 0.717) is 32.1 Å². The van der Waals surface area contributed by atoms with Crippen molar-refractivity contribution in [2.24, 2.45) is 11.8 Å². The number of aliphatic carboxylic acids is 1. The summed E-state index contributed by atoms with van der Waals surface area (Å²) in [6.07, 6.45) is 5.36. The lowest BCUT2D eigenvalue weighted by atomic mass is 9.84. The van der Waals surface area contributed by atoms with E-state index < -0.39 is 18.2 Å². The van der Waals surface area contributed by atoms with Crippen molar-refractivity contribution in [2.75, 3.05) is 0 Å². The zero-order valence-corrected chi connectivity index (χ0v) is 16.0. The van der Waals surface area contributed by atoms with Crippen LogP contribution in [0.2, 0.25) is 0 Å². The van der Waals surface area contributed by atoms with Gasteiger partial charge in [0.25, 0.3) is 0 Å². The molecule has 0 aromatic rings. The third-order valence-corrected chi connectivity index (χ3v) is 5.56. The van der Waals surface area contributed by atoms with Gasteiger partial charge >= 0.3 is 5.97 Å². The fourth-order valence-corrected chi connectivity index (χ4v) is 3.98. The van der Waals surface area contributed by atoms with Crippen LogP contribution in [-0.4, -0.2) is 50.5 Å². The summed E-state index contributed by atoms with van der Waals surface area (Å²) in [5.41, 5.74) is 0. The number of unbranched alkanes of at least 4 members (excludes halogenated alkanes) is 3. The van der Waals surface area contributed by atoms with Crippen LogP contribution in [0.1, 0.15) is 84.0 Å². The summed E-state index contributed by atoms with van der Waals surface area (Å²) in [7, 11) is 0. The number of aliphatic hydroxyl groups is 3. The average Bonchev–Trinajstić information content (AvgIpc) is 2.83. The number of Topliss-reactive ketones (excluding diaryl/α,β-unsaturated/α-hetero) is 1. The van der Waals surface area contributed by atoms with Crippen molar-refractivity contribution < 1.29 is 30.0 Å². The van der Waals surface area contributed by atoms with Gasteiger partial charge < -0.3 is 20.4 Å². The number of hydrogen-bond acceptors (Lipinski definition) is 5. The molecule has 0 radical (unpaired) electrons.